The molecule has 1 saturated carbocycles. The first kappa shape index (κ1) is 16.2. The van der Waals surface area contributed by atoms with Crippen molar-refractivity contribution in [3.63, 3.8) is 0 Å². The number of carbonyl (C=O) groups excluding carboxylic acids is 2. The number of nitrogens with zero attached hydrogens (tertiary/aromatic N) is 1. The molecule has 1 N–H and O–H groups in total. The fourth-order valence-electron chi connectivity index (χ4n) is 4.43. The summed E-state index contributed by atoms with van der Waals surface area (Å²) >= 11 is 0. The van der Waals surface area contributed by atoms with Crippen LogP contribution >= 0.6 is 0 Å². The van der Waals surface area contributed by atoms with Gasteiger partial charge in [-0.15, -0.1) is 0 Å². The van der Waals surface area contributed by atoms with Gasteiger partial charge in [-0.3, -0.25) is 14.5 Å². The Balaban J connectivity index is 1.71. The molecule has 25 heavy (non-hydrogen) atoms. The molecule has 132 valence electrons. The molecule has 3 aliphatic rings. The van der Waals surface area contributed by atoms with Crippen LogP contribution in [-0.2, 0) is 9.59 Å². The molecule has 0 bridgehead atoms. The fraction of sp³-hybridized carbons (Fsp3) is 0.500. The van der Waals surface area contributed by atoms with Gasteiger partial charge < -0.3 is 9.73 Å². The Labute approximate surface area is 147 Å². The monoisotopic (exact) mass is 340 g/mol. The van der Waals surface area contributed by atoms with Crippen molar-refractivity contribution in [2.45, 2.75) is 63.5 Å². The first-order valence-electron chi connectivity index (χ1n) is 9.30. The van der Waals surface area contributed by atoms with Crippen LogP contribution in [-0.4, -0.2) is 22.4 Å². The zero-order valence-corrected chi connectivity index (χ0v) is 14.4. The number of nitrogens with one attached hydrogen (secondary N) is 1. The number of amides is 2. The van der Waals surface area contributed by atoms with E-state index >= 15 is 0 Å². The molecule has 4 rings (SSSR count). The van der Waals surface area contributed by atoms with Crippen molar-refractivity contribution in [3.05, 3.63) is 41.5 Å². The fourth-order valence-corrected chi connectivity index (χ4v) is 4.43. The summed E-state index contributed by atoms with van der Waals surface area (Å²) in [6.07, 6.45) is 13.4. The normalized spacial score (nSPS) is 23.0. The predicted octanol–water partition coefficient (Wildman–Crippen LogP) is 3.74. The number of carbonyl (C=O) groups is 2. The number of hydrogen-bond donors (Lipinski definition) is 1. The first-order chi connectivity index (χ1) is 12.2. The topological polar surface area (TPSA) is 62.6 Å². The molecule has 0 saturated heterocycles. The standard InChI is InChI=1S/C20H24N2O3/c23-18(11-10-15-7-6-14-25-15)22-17-9-3-2-8-16(17)19(24)21-20(22)12-4-1-5-13-20/h6-7,10-11,14H,1-5,8-9,12-13H2,(H,21,24)/b11-10+. The van der Waals surface area contributed by atoms with Gasteiger partial charge >= 0.3 is 0 Å². The molecule has 0 aromatic carbocycles. The maximum absolute atomic E-state index is 13.1. The summed E-state index contributed by atoms with van der Waals surface area (Å²) in [5, 5.41) is 3.21. The second-order valence-corrected chi connectivity index (χ2v) is 7.20. The molecular weight excluding hydrogens is 316 g/mol. The number of hydrogen-bond acceptors (Lipinski definition) is 3. The highest BCUT2D eigenvalue weighted by Gasteiger charge is 2.48. The Hall–Kier alpha value is -2.30. The molecule has 1 spiro atoms. The van der Waals surface area contributed by atoms with Gasteiger partial charge in [0.1, 0.15) is 11.4 Å². The van der Waals surface area contributed by atoms with Crippen molar-refractivity contribution in [1.29, 1.82) is 0 Å². The molecule has 5 heteroatoms. The van der Waals surface area contributed by atoms with Crippen molar-refractivity contribution in [2.75, 3.05) is 0 Å². The molecule has 2 aliphatic carbocycles. The summed E-state index contributed by atoms with van der Waals surface area (Å²) in [5.74, 6) is 0.633. The first-order valence-corrected chi connectivity index (χ1v) is 9.30. The number of rotatable bonds is 2. The number of allylic oxidation sites excluding steroid dienone is 1. The molecule has 2 amide bonds. The van der Waals surface area contributed by atoms with Crippen LogP contribution in [0.5, 0.6) is 0 Å². The molecular formula is C20H24N2O3. The van der Waals surface area contributed by atoms with E-state index < -0.39 is 5.66 Å². The zero-order valence-electron chi connectivity index (χ0n) is 14.4. The Morgan fingerprint density at radius 3 is 2.72 bits per heavy atom. The average molecular weight is 340 g/mol. The minimum absolute atomic E-state index is 0.0377. The Bertz CT molecular complexity index is 724. The van der Waals surface area contributed by atoms with E-state index in [2.05, 4.69) is 5.32 Å². The van der Waals surface area contributed by atoms with E-state index in [1.54, 1.807) is 24.5 Å². The summed E-state index contributed by atoms with van der Waals surface area (Å²) in [6.45, 7) is 0. The van der Waals surface area contributed by atoms with Crippen molar-refractivity contribution < 1.29 is 14.0 Å². The Morgan fingerprint density at radius 2 is 1.96 bits per heavy atom. The molecule has 1 aromatic heterocycles. The highest BCUT2D eigenvalue weighted by atomic mass is 16.3. The predicted molar refractivity (Wildman–Crippen MR) is 94.0 cm³/mol. The lowest BCUT2D eigenvalue weighted by molar-refractivity contribution is -0.138. The highest BCUT2D eigenvalue weighted by molar-refractivity contribution is 6.00. The molecule has 1 aliphatic heterocycles. The van der Waals surface area contributed by atoms with E-state index in [-0.39, 0.29) is 11.8 Å². The van der Waals surface area contributed by atoms with Gasteiger partial charge in [0.25, 0.3) is 11.8 Å². The largest absolute Gasteiger partial charge is 0.465 e. The summed E-state index contributed by atoms with van der Waals surface area (Å²) < 4.78 is 5.29. The Morgan fingerprint density at radius 1 is 1.16 bits per heavy atom. The SMILES string of the molecule is O=C1NC2(CCCCC2)N(C(=O)/C=C/c2ccco2)C2=C1CCCC2. The van der Waals surface area contributed by atoms with E-state index in [4.69, 9.17) is 4.42 Å². The summed E-state index contributed by atoms with van der Waals surface area (Å²) in [7, 11) is 0. The third-order valence-electron chi connectivity index (χ3n) is 5.59. The maximum atomic E-state index is 13.1. The lowest BCUT2D eigenvalue weighted by atomic mass is 9.82. The van der Waals surface area contributed by atoms with Gasteiger partial charge in [-0.25, -0.2) is 0 Å². The third-order valence-corrected chi connectivity index (χ3v) is 5.59. The van der Waals surface area contributed by atoms with Crippen LogP contribution in [0.2, 0.25) is 0 Å². The van der Waals surface area contributed by atoms with Crippen LogP contribution in [0.4, 0.5) is 0 Å². The van der Waals surface area contributed by atoms with Crippen LogP contribution in [0.25, 0.3) is 6.08 Å². The van der Waals surface area contributed by atoms with Crippen molar-refractivity contribution in [3.8, 4) is 0 Å². The molecule has 0 atom stereocenters. The van der Waals surface area contributed by atoms with E-state index in [9.17, 15) is 9.59 Å². The second kappa shape index (κ2) is 6.54. The third kappa shape index (κ3) is 2.92. The molecule has 0 radical (unpaired) electrons. The zero-order chi connectivity index (χ0) is 17.3. The average Bonchev–Trinajstić information content (AvgIpc) is 3.14. The molecule has 5 nitrogen and oxygen atoms in total. The summed E-state index contributed by atoms with van der Waals surface area (Å²) in [4.78, 5) is 27.7. The quantitative estimate of drug-likeness (QED) is 0.834. The van der Waals surface area contributed by atoms with E-state index in [0.29, 0.717) is 5.76 Å². The van der Waals surface area contributed by atoms with Crippen LogP contribution < -0.4 is 5.32 Å². The van der Waals surface area contributed by atoms with Crippen molar-refractivity contribution in [1.82, 2.24) is 10.2 Å². The van der Waals surface area contributed by atoms with Crippen molar-refractivity contribution in [2.24, 2.45) is 0 Å². The minimum Gasteiger partial charge on any atom is -0.465 e. The molecule has 2 heterocycles. The van der Waals surface area contributed by atoms with Gasteiger partial charge in [0.2, 0.25) is 0 Å². The highest BCUT2D eigenvalue weighted by Crippen LogP contribution is 2.42. The van der Waals surface area contributed by atoms with Crippen LogP contribution in [0.3, 0.4) is 0 Å². The van der Waals surface area contributed by atoms with Gasteiger partial charge in [0, 0.05) is 17.3 Å². The summed E-state index contributed by atoms with van der Waals surface area (Å²) in [5.41, 5.74) is 1.21. The van der Waals surface area contributed by atoms with Gasteiger partial charge in [0.15, 0.2) is 0 Å². The lowest BCUT2D eigenvalue weighted by Gasteiger charge is -2.51. The molecule has 1 aromatic rings. The van der Waals surface area contributed by atoms with Crippen molar-refractivity contribution >= 4 is 17.9 Å². The van der Waals surface area contributed by atoms with Gasteiger partial charge in [-0.05, 0) is 69.6 Å². The van der Waals surface area contributed by atoms with Gasteiger partial charge in [-0.1, -0.05) is 6.42 Å². The molecule has 1 fully saturated rings. The van der Waals surface area contributed by atoms with Gasteiger partial charge in [-0.2, -0.15) is 0 Å². The van der Waals surface area contributed by atoms with Crippen LogP contribution in [0.1, 0.15) is 63.5 Å². The lowest BCUT2D eigenvalue weighted by Crippen LogP contribution is -2.66. The maximum Gasteiger partial charge on any atom is 0.252 e. The summed E-state index contributed by atoms with van der Waals surface area (Å²) in [6, 6.07) is 3.62. The molecule has 0 unspecified atom stereocenters. The van der Waals surface area contributed by atoms with E-state index in [0.717, 1.165) is 69.1 Å². The van der Waals surface area contributed by atoms with Gasteiger partial charge in [0.05, 0.1) is 6.26 Å². The van der Waals surface area contributed by atoms with E-state index in [1.807, 2.05) is 11.0 Å². The van der Waals surface area contributed by atoms with E-state index in [1.165, 1.54) is 0 Å². The smallest absolute Gasteiger partial charge is 0.252 e. The Kier molecular flexibility index (Phi) is 4.24. The number of furan rings is 1. The van der Waals surface area contributed by atoms with Crippen LogP contribution in [0.15, 0.2) is 40.2 Å². The van der Waals surface area contributed by atoms with Crippen LogP contribution in [0, 0.1) is 0 Å². The second-order valence-electron chi connectivity index (χ2n) is 7.20. The minimum atomic E-state index is -0.546.